The molecule has 2 bridgehead atoms. The molecule has 5 atom stereocenters. The summed E-state index contributed by atoms with van der Waals surface area (Å²) in [7, 11) is 0. The molecule has 1 saturated heterocycles. The minimum atomic E-state index is 0.424. The molecule has 3 saturated carbocycles. The third kappa shape index (κ3) is 1.77. The van der Waals surface area contributed by atoms with Gasteiger partial charge in [-0.05, 0) is 69.2 Å². The Bertz CT molecular complexity index is 361. The standard InChI is InChI=1S/C16H26N2O/c1-2-18(12-4-3-7-17-9-12)16(19)15-13-10-5-6-11(8-10)14(13)15/h10-15,17H,2-9H2,1H3. The molecule has 0 radical (unpaired) electrons. The fourth-order valence-corrected chi connectivity index (χ4v) is 5.54. The molecule has 3 heteroatoms. The highest BCUT2D eigenvalue weighted by Crippen LogP contribution is 2.69. The van der Waals surface area contributed by atoms with E-state index >= 15 is 0 Å². The average Bonchev–Trinajstić information content (AvgIpc) is 2.89. The Labute approximate surface area is 116 Å². The van der Waals surface area contributed by atoms with Gasteiger partial charge >= 0.3 is 0 Å². The molecule has 1 N–H and O–H groups in total. The lowest BCUT2D eigenvalue weighted by molar-refractivity contribution is -0.136. The van der Waals surface area contributed by atoms with E-state index in [-0.39, 0.29) is 0 Å². The number of hydrogen-bond acceptors (Lipinski definition) is 2. The van der Waals surface area contributed by atoms with Crippen LogP contribution in [-0.4, -0.2) is 36.5 Å². The number of hydrogen-bond donors (Lipinski definition) is 1. The van der Waals surface area contributed by atoms with Crippen molar-refractivity contribution in [1.29, 1.82) is 0 Å². The predicted octanol–water partition coefficient (Wildman–Crippen LogP) is 1.88. The molecule has 3 nitrogen and oxygen atoms in total. The van der Waals surface area contributed by atoms with Crippen molar-refractivity contribution in [3.05, 3.63) is 0 Å². The first kappa shape index (κ1) is 12.2. The molecule has 4 rings (SSSR count). The highest BCUT2D eigenvalue weighted by molar-refractivity contribution is 5.83. The van der Waals surface area contributed by atoms with Gasteiger partial charge in [-0.15, -0.1) is 0 Å². The third-order valence-electron chi connectivity index (χ3n) is 6.36. The van der Waals surface area contributed by atoms with Gasteiger partial charge in [0.1, 0.15) is 0 Å². The Balaban J connectivity index is 1.45. The van der Waals surface area contributed by atoms with E-state index in [1.165, 1.54) is 32.1 Å². The third-order valence-corrected chi connectivity index (χ3v) is 6.36. The van der Waals surface area contributed by atoms with Crippen LogP contribution in [0.3, 0.4) is 0 Å². The molecule has 4 aliphatic rings. The number of likely N-dealkylation sites (N-methyl/N-ethyl adjacent to an activating group) is 1. The maximum absolute atomic E-state index is 12.9. The molecule has 106 valence electrons. The molecule has 0 aromatic carbocycles. The van der Waals surface area contributed by atoms with E-state index < -0.39 is 0 Å². The van der Waals surface area contributed by atoms with Gasteiger partial charge in [-0.3, -0.25) is 4.79 Å². The molecule has 0 aromatic heterocycles. The van der Waals surface area contributed by atoms with Gasteiger partial charge in [0.2, 0.25) is 5.91 Å². The molecular weight excluding hydrogens is 236 g/mol. The van der Waals surface area contributed by atoms with Crippen LogP contribution in [0.2, 0.25) is 0 Å². The van der Waals surface area contributed by atoms with Gasteiger partial charge in [-0.1, -0.05) is 0 Å². The molecule has 19 heavy (non-hydrogen) atoms. The fourth-order valence-electron chi connectivity index (χ4n) is 5.54. The van der Waals surface area contributed by atoms with E-state index in [2.05, 4.69) is 17.1 Å². The molecule has 3 aliphatic carbocycles. The van der Waals surface area contributed by atoms with Crippen LogP contribution in [0, 0.1) is 29.6 Å². The SMILES string of the molecule is CCN(C(=O)C1C2C3CCC(C3)C12)C1CCCNC1. The first-order chi connectivity index (χ1) is 9.31. The molecule has 5 unspecified atom stereocenters. The summed E-state index contributed by atoms with van der Waals surface area (Å²) in [5.41, 5.74) is 0. The van der Waals surface area contributed by atoms with E-state index in [4.69, 9.17) is 0 Å². The number of fused-ring (bicyclic) bond motifs is 5. The van der Waals surface area contributed by atoms with E-state index in [9.17, 15) is 4.79 Å². The lowest BCUT2D eigenvalue weighted by Gasteiger charge is -2.34. The number of nitrogens with one attached hydrogen (secondary N) is 1. The minimum Gasteiger partial charge on any atom is -0.338 e. The van der Waals surface area contributed by atoms with Gasteiger partial charge in [0.05, 0.1) is 0 Å². The van der Waals surface area contributed by atoms with Gasteiger partial charge in [0.25, 0.3) is 0 Å². The van der Waals surface area contributed by atoms with Crippen LogP contribution in [0.25, 0.3) is 0 Å². The summed E-state index contributed by atoms with van der Waals surface area (Å²) < 4.78 is 0. The zero-order valence-corrected chi connectivity index (χ0v) is 12.0. The second-order valence-corrected chi connectivity index (χ2v) is 7.14. The first-order valence-electron chi connectivity index (χ1n) is 8.32. The number of carbonyl (C=O) groups excluding carboxylic acids is 1. The average molecular weight is 262 g/mol. The molecule has 1 amide bonds. The smallest absolute Gasteiger partial charge is 0.226 e. The zero-order chi connectivity index (χ0) is 13.0. The Morgan fingerprint density at radius 3 is 2.53 bits per heavy atom. The van der Waals surface area contributed by atoms with Crippen LogP contribution in [0.4, 0.5) is 0 Å². The van der Waals surface area contributed by atoms with Gasteiger partial charge in [-0.25, -0.2) is 0 Å². The van der Waals surface area contributed by atoms with Gasteiger partial charge in [-0.2, -0.15) is 0 Å². The number of carbonyl (C=O) groups is 1. The summed E-state index contributed by atoms with van der Waals surface area (Å²) >= 11 is 0. The van der Waals surface area contributed by atoms with Gasteiger partial charge in [0, 0.05) is 25.0 Å². The van der Waals surface area contributed by atoms with E-state index in [1.54, 1.807) is 0 Å². The lowest BCUT2D eigenvalue weighted by atomic mass is 9.99. The Hall–Kier alpha value is -0.570. The van der Waals surface area contributed by atoms with Crippen LogP contribution < -0.4 is 5.32 Å². The maximum Gasteiger partial charge on any atom is 0.226 e. The minimum absolute atomic E-state index is 0.424. The molecular formula is C16H26N2O. The molecule has 4 fully saturated rings. The summed E-state index contributed by atoms with van der Waals surface area (Å²) in [6.45, 7) is 5.19. The normalized spacial score (nSPS) is 47.0. The van der Waals surface area contributed by atoms with E-state index in [0.717, 1.165) is 43.3 Å². The number of amides is 1. The Morgan fingerprint density at radius 1 is 1.21 bits per heavy atom. The highest BCUT2D eigenvalue weighted by atomic mass is 16.2. The van der Waals surface area contributed by atoms with Crippen LogP contribution in [0.15, 0.2) is 0 Å². The summed E-state index contributed by atoms with van der Waals surface area (Å²) in [6, 6.07) is 0.463. The van der Waals surface area contributed by atoms with Crippen molar-refractivity contribution >= 4 is 5.91 Å². The van der Waals surface area contributed by atoms with E-state index in [0.29, 0.717) is 17.9 Å². The van der Waals surface area contributed by atoms with Crippen LogP contribution in [-0.2, 0) is 4.79 Å². The topological polar surface area (TPSA) is 32.3 Å². The summed E-state index contributed by atoms with van der Waals surface area (Å²) in [4.78, 5) is 15.1. The van der Waals surface area contributed by atoms with Crippen LogP contribution >= 0.6 is 0 Å². The molecule has 0 aromatic rings. The second-order valence-electron chi connectivity index (χ2n) is 7.14. The molecule has 1 aliphatic heterocycles. The van der Waals surface area contributed by atoms with Crippen molar-refractivity contribution in [2.45, 2.75) is 45.1 Å². The quantitative estimate of drug-likeness (QED) is 0.842. The first-order valence-corrected chi connectivity index (χ1v) is 8.32. The lowest BCUT2D eigenvalue weighted by Crippen LogP contribution is -2.49. The Morgan fingerprint density at radius 2 is 1.95 bits per heavy atom. The zero-order valence-electron chi connectivity index (χ0n) is 12.0. The molecule has 0 spiro atoms. The largest absolute Gasteiger partial charge is 0.338 e. The summed E-state index contributed by atoms with van der Waals surface area (Å²) in [6.07, 6.45) is 6.67. The van der Waals surface area contributed by atoms with E-state index in [1.807, 2.05) is 0 Å². The van der Waals surface area contributed by atoms with Crippen molar-refractivity contribution < 1.29 is 4.79 Å². The van der Waals surface area contributed by atoms with Crippen molar-refractivity contribution in [3.63, 3.8) is 0 Å². The summed E-state index contributed by atoms with van der Waals surface area (Å²) in [5.74, 6) is 4.32. The monoisotopic (exact) mass is 262 g/mol. The van der Waals surface area contributed by atoms with Gasteiger partial charge < -0.3 is 10.2 Å². The number of rotatable bonds is 3. The fraction of sp³-hybridized carbons (Fsp3) is 0.938. The summed E-state index contributed by atoms with van der Waals surface area (Å²) in [5, 5.41) is 3.45. The maximum atomic E-state index is 12.9. The highest BCUT2D eigenvalue weighted by Gasteiger charge is 2.68. The van der Waals surface area contributed by atoms with Crippen molar-refractivity contribution in [2.75, 3.05) is 19.6 Å². The second kappa shape index (κ2) is 4.47. The number of nitrogens with zero attached hydrogens (tertiary/aromatic N) is 1. The molecule has 1 heterocycles. The van der Waals surface area contributed by atoms with Crippen molar-refractivity contribution in [1.82, 2.24) is 10.2 Å². The number of piperidine rings is 1. The Kier molecular flexibility index (Phi) is 2.87. The van der Waals surface area contributed by atoms with Crippen LogP contribution in [0.5, 0.6) is 0 Å². The van der Waals surface area contributed by atoms with Crippen LogP contribution in [0.1, 0.15) is 39.0 Å². The van der Waals surface area contributed by atoms with Crippen molar-refractivity contribution in [2.24, 2.45) is 29.6 Å². The van der Waals surface area contributed by atoms with Gasteiger partial charge in [0.15, 0.2) is 0 Å². The predicted molar refractivity (Wildman–Crippen MR) is 74.6 cm³/mol. The van der Waals surface area contributed by atoms with Crippen molar-refractivity contribution in [3.8, 4) is 0 Å².